The zero-order valence-corrected chi connectivity index (χ0v) is 46.3. The molecule has 0 spiro atoms. The molecule has 0 radical (unpaired) electrons. The van der Waals surface area contributed by atoms with Gasteiger partial charge in [0.15, 0.2) is 0 Å². The summed E-state index contributed by atoms with van der Waals surface area (Å²) in [6.07, 6.45) is 75.4. The minimum absolute atomic E-state index is 0.0173. The van der Waals surface area contributed by atoms with E-state index < -0.39 is 18.2 Å². The maximum Gasteiger partial charge on any atom is 0.222 e. The van der Waals surface area contributed by atoms with Crippen molar-refractivity contribution in [1.82, 2.24) is 5.32 Å². The SMILES string of the molecule is CCCCCCCCCCCCCCCC/C=C\CCCCCCCCCCCCCCCCCC(O)CC(=O)NC(CO)C(O)/C=C/CCCCCCCCCCCCCCCCCCCC. The molecule has 0 aromatic carbocycles. The van der Waals surface area contributed by atoms with Crippen molar-refractivity contribution in [3.05, 3.63) is 24.3 Å². The molecule has 0 bridgehead atoms. The maximum absolute atomic E-state index is 12.5. The van der Waals surface area contributed by atoms with Gasteiger partial charge in [-0.1, -0.05) is 321 Å². The predicted molar refractivity (Wildman–Crippen MR) is 301 cm³/mol. The predicted octanol–water partition coefficient (Wildman–Crippen LogP) is 19.6. The van der Waals surface area contributed by atoms with Gasteiger partial charge >= 0.3 is 0 Å². The van der Waals surface area contributed by atoms with Crippen molar-refractivity contribution in [2.45, 2.75) is 366 Å². The lowest BCUT2D eigenvalue weighted by atomic mass is 10.0. The average molecular weight is 959 g/mol. The number of hydrogen-bond acceptors (Lipinski definition) is 4. The molecule has 404 valence electrons. The maximum atomic E-state index is 12.5. The van der Waals surface area contributed by atoms with E-state index in [1.807, 2.05) is 6.08 Å². The molecule has 3 atom stereocenters. The van der Waals surface area contributed by atoms with Gasteiger partial charge in [-0.15, -0.1) is 0 Å². The second kappa shape index (κ2) is 58.4. The van der Waals surface area contributed by atoms with Gasteiger partial charge in [0.25, 0.3) is 0 Å². The zero-order chi connectivity index (χ0) is 49.3. The molecule has 3 unspecified atom stereocenters. The van der Waals surface area contributed by atoms with Crippen LogP contribution in [0.1, 0.15) is 348 Å². The Morgan fingerprint density at radius 2 is 0.618 bits per heavy atom. The first-order valence-corrected chi connectivity index (χ1v) is 31.1. The number of allylic oxidation sites excluding steroid dienone is 3. The fourth-order valence-corrected chi connectivity index (χ4v) is 9.99. The Kier molecular flexibility index (Phi) is 57.4. The number of nitrogens with one attached hydrogen (secondary N) is 1. The standard InChI is InChI=1S/C63H123NO4/c1-3-5-7-9-11-13-15-17-19-21-23-25-26-27-28-29-30-31-32-33-34-35-36-37-38-40-42-44-46-48-50-52-54-56-60(66)58-63(68)64-61(59-65)62(67)57-55-53-51-49-47-45-43-41-39-24-22-20-18-16-14-12-10-8-6-4-2/h29-30,55,57,60-62,65-67H,3-28,31-54,56,58-59H2,1-2H3,(H,64,68)/b30-29-,57-55+. The summed E-state index contributed by atoms with van der Waals surface area (Å²) in [5.74, 6) is -0.309. The molecule has 0 aliphatic rings. The number of carbonyl (C=O) groups is 1. The van der Waals surface area contributed by atoms with Crippen LogP contribution < -0.4 is 5.32 Å². The third-order valence-electron chi connectivity index (χ3n) is 14.7. The van der Waals surface area contributed by atoms with E-state index in [-0.39, 0.29) is 18.9 Å². The monoisotopic (exact) mass is 958 g/mol. The van der Waals surface area contributed by atoms with E-state index in [2.05, 4.69) is 31.3 Å². The molecule has 0 fully saturated rings. The van der Waals surface area contributed by atoms with Crippen LogP contribution in [0.2, 0.25) is 0 Å². The van der Waals surface area contributed by atoms with Gasteiger partial charge in [0, 0.05) is 0 Å². The summed E-state index contributed by atoms with van der Waals surface area (Å²) in [7, 11) is 0. The Morgan fingerprint density at radius 3 is 0.897 bits per heavy atom. The van der Waals surface area contributed by atoms with Gasteiger partial charge in [0.1, 0.15) is 0 Å². The Balaban J connectivity index is 3.50. The van der Waals surface area contributed by atoms with E-state index in [9.17, 15) is 20.1 Å². The number of aliphatic hydroxyl groups excluding tert-OH is 3. The van der Waals surface area contributed by atoms with Gasteiger partial charge in [-0.2, -0.15) is 0 Å². The summed E-state index contributed by atoms with van der Waals surface area (Å²) in [4.78, 5) is 12.5. The number of unbranched alkanes of at least 4 members (excludes halogenated alkanes) is 47. The summed E-state index contributed by atoms with van der Waals surface area (Å²) in [5.41, 5.74) is 0. The van der Waals surface area contributed by atoms with Crippen LogP contribution in [0.4, 0.5) is 0 Å². The number of hydrogen-bond donors (Lipinski definition) is 4. The second-order valence-electron chi connectivity index (χ2n) is 21.7. The Hall–Kier alpha value is -1.17. The van der Waals surface area contributed by atoms with Crippen LogP contribution >= 0.6 is 0 Å². The highest BCUT2D eigenvalue weighted by atomic mass is 16.3. The molecular formula is C63H123NO4. The van der Waals surface area contributed by atoms with Crippen LogP contribution in [-0.2, 0) is 4.79 Å². The van der Waals surface area contributed by atoms with Crippen molar-refractivity contribution in [2.75, 3.05) is 6.61 Å². The topological polar surface area (TPSA) is 89.8 Å². The van der Waals surface area contributed by atoms with Crippen molar-refractivity contribution in [2.24, 2.45) is 0 Å². The molecule has 0 aromatic rings. The third kappa shape index (κ3) is 54.2. The molecule has 1 amide bonds. The minimum atomic E-state index is -0.928. The largest absolute Gasteiger partial charge is 0.394 e. The summed E-state index contributed by atoms with van der Waals surface area (Å²) in [6, 6.07) is -0.743. The molecule has 0 aromatic heterocycles. The molecule has 68 heavy (non-hydrogen) atoms. The van der Waals surface area contributed by atoms with Crippen molar-refractivity contribution < 1.29 is 20.1 Å². The van der Waals surface area contributed by atoms with Crippen molar-refractivity contribution in [3.63, 3.8) is 0 Å². The third-order valence-corrected chi connectivity index (χ3v) is 14.7. The summed E-state index contributed by atoms with van der Waals surface area (Å²) in [5, 5.41) is 33.5. The van der Waals surface area contributed by atoms with Crippen LogP contribution in [0, 0.1) is 0 Å². The highest BCUT2D eigenvalue weighted by Gasteiger charge is 2.20. The normalized spacial score (nSPS) is 13.3. The molecule has 0 saturated heterocycles. The van der Waals surface area contributed by atoms with Crippen LogP contribution in [0.3, 0.4) is 0 Å². The first-order chi connectivity index (χ1) is 33.5. The number of aliphatic hydroxyl groups is 3. The van der Waals surface area contributed by atoms with E-state index in [4.69, 9.17) is 0 Å². The van der Waals surface area contributed by atoms with E-state index in [1.54, 1.807) is 6.08 Å². The summed E-state index contributed by atoms with van der Waals surface area (Å²) >= 11 is 0. The van der Waals surface area contributed by atoms with E-state index in [0.29, 0.717) is 6.42 Å². The Morgan fingerprint density at radius 1 is 0.368 bits per heavy atom. The zero-order valence-electron chi connectivity index (χ0n) is 46.3. The molecule has 0 rings (SSSR count). The van der Waals surface area contributed by atoms with E-state index >= 15 is 0 Å². The first-order valence-electron chi connectivity index (χ1n) is 31.1. The molecular weight excluding hydrogens is 835 g/mol. The van der Waals surface area contributed by atoms with E-state index in [1.165, 1.54) is 295 Å². The van der Waals surface area contributed by atoms with Crippen molar-refractivity contribution >= 4 is 5.91 Å². The molecule has 5 heteroatoms. The molecule has 0 aliphatic heterocycles. The summed E-state index contributed by atoms with van der Waals surface area (Å²) in [6.45, 7) is 4.26. The second-order valence-corrected chi connectivity index (χ2v) is 21.7. The molecule has 5 nitrogen and oxygen atoms in total. The average Bonchev–Trinajstić information content (AvgIpc) is 3.33. The first kappa shape index (κ1) is 66.8. The fourth-order valence-electron chi connectivity index (χ4n) is 9.99. The number of rotatable bonds is 58. The highest BCUT2D eigenvalue weighted by molar-refractivity contribution is 5.76. The van der Waals surface area contributed by atoms with Gasteiger partial charge < -0.3 is 20.6 Å². The van der Waals surface area contributed by atoms with E-state index in [0.717, 1.165) is 25.7 Å². The van der Waals surface area contributed by atoms with Crippen LogP contribution in [-0.4, -0.2) is 46.1 Å². The lowest BCUT2D eigenvalue weighted by molar-refractivity contribution is -0.124. The van der Waals surface area contributed by atoms with Gasteiger partial charge in [-0.25, -0.2) is 0 Å². The van der Waals surface area contributed by atoms with Gasteiger partial charge in [-0.05, 0) is 44.9 Å². The Labute approximate surface area is 426 Å². The lowest BCUT2D eigenvalue weighted by Crippen LogP contribution is -2.45. The molecule has 4 N–H and O–H groups in total. The molecule has 0 heterocycles. The number of carbonyl (C=O) groups excluding carboxylic acids is 1. The smallest absolute Gasteiger partial charge is 0.222 e. The summed E-state index contributed by atoms with van der Waals surface area (Å²) < 4.78 is 0. The van der Waals surface area contributed by atoms with Gasteiger partial charge in [-0.3, -0.25) is 4.79 Å². The van der Waals surface area contributed by atoms with Gasteiger partial charge in [0.05, 0.1) is 31.3 Å². The lowest BCUT2D eigenvalue weighted by Gasteiger charge is -2.21. The highest BCUT2D eigenvalue weighted by Crippen LogP contribution is 2.18. The van der Waals surface area contributed by atoms with Crippen LogP contribution in [0.15, 0.2) is 24.3 Å². The quantitative estimate of drug-likeness (QED) is 0.0361. The van der Waals surface area contributed by atoms with Crippen molar-refractivity contribution in [1.29, 1.82) is 0 Å². The Bertz CT molecular complexity index is 1010. The molecule has 0 saturated carbocycles. The number of amides is 1. The minimum Gasteiger partial charge on any atom is -0.394 e. The van der Waals surface area contributed by atoms with Gasteiger partial charge in [0.2, 0.25) is 5.91 Å². The van der Waals surface area contributed by atoms with Crippen LogP contribution in [0.5, 0.6) is 0 Å². The fraction of sp³-hybridized carbons (Fsp3) is 0.921. The van der Waals surface area contributed by atoms with Crippen molar-refractivity contribution in [3.8, 4) is 0 Å². The van der Waals surface area contributed by atoms with Crippen LogP contribution in [0.25, 0.3) is 0 Å². The molecule has 0 aliphatic carbocycles.